The Morgan fingerprint density at radius 2 is 2.33 bits per heavy atom. The van der Waals surface area contributed by atoms with Crippen LogP contribution in [0.2, 0.25) is 5.02 Å². The molecule has 0 aliphatic carbocycles. The molecule has 2 rings (SSSR count). The Morgan fingerprint density at radius 3 is 3.05 bits per heavy atom. The molecule has 1 aliphatic heterocycles. The maximum atomic E-state index is 6.40. The fourth-order valence-electron chi connectivity index (χ4n) is 2.47. The SMILES string of the molecule is CCC1CN(c2ccc(CNCCOC)c(Cl)c2)CCO1. The molecule has 0 saturated carbocycles. The maximum Gasteiger partial charge on any atom is 0.0748 e. The highest BCUT2D eigenvalue weighted by molar-refractivity contribution is 6.31. The third-order valence-electron chi connectivity index (χ3n) is 3.79. The Morgan fingerprint density at radius 1 is 1.48 bits per heavy atom. The summed E-state index contributed by atoms with van der Waals surface area (Å²) < 4.78 is 10.7. The second-order valence-corrected chi connectivity index (χ2v) is 5.70. The van der Waals surface area contributed by atoms with Crippen LogP contribution in [0, 0.1) is 0 Å². The van der Waals surface area contributed by atoms with Crippen LogP contribution >= 0.6 is 11.6 Å². The lowest BCUT2D eigenvalue weighted by Gasteiger charge is -2.34. The number of morpholine rings is 1. The van der Waals surface area contributed by atoms with Crippen LogP contribution in [0.3, 0.4) is 0 Å². The lowest BCUT2D eigenvalue weighted by Crippen LogP contribution is -2.42. The standard InChI is InChI=1S/C16H25ClN2O2/c1-3-15-12-19(7-9-21-15)14-5-4-13(16(17)10-14)11-18-6-8-20-2/h4-5,10,15,18H,3,6-9,11-12H2,1-2H3. The molecule has 1 aliphatic rings. The van der Waals surface area contributed by atoms with Gasteiger partial charge in [0.25, 0.3) is 0 Å². The van der Waals surface area contributed by atoms with E-state index in [0.717, 1.165) is 49.8 Å². The van der Waals surface area contributed by atoms with Gasteiger partial charge in [-0.05, 0) is 24.1 Å². The molecule has 1 unspecified atom stereocenters. The minimum atomic E-state index is 0.327. The maximum absolute atomic E-state index is 6.40. The summed E-state index contributed by atoms with van der Waals surface area (Å²) >= 11 is 6.40. The minimum Gasteiger partial charge on any atom is -0.383 e. The van der Waals surface area contributed by atoms with E-state index in [0.29, 0.717) is 12.7 Å². The molecule has 0 amide bonds. The molecule has 1 aromatic rings. The summed E-state index contributed by atoms with van der Waals surface area (Å²) in [5.41, 5.74) is 2.30. The van der Waals surface area contributed by atoms with Gasteiger partial charge in [0.2, 0.25) is 0 Å². The third-order valence-corrected chi connectivity index (χ3v) is 4.15. The van der Waals surface area contributed by atoms with Gasteiger partial charge in [0.05, 0.1) is 19.3 Å². The van der Waals surface area contributed by atoms with E-state index in [4.69, 9.17) is 21.1 Å². The van der Waals surface area contributed by atoms with Crippen LogP contribution in [0.25, 0.3) is 0 Å². The number of benzene rings is 1. The summed E-state index contributed by atoms with van der Waals surface area (Å²) in [6, 6.07) is 6.32. The lowest BCUT2D eigenvalue weighted by molar-refractivity contribution is 0.0384. The van der Waals surface area contributed by atoms with Gasteiger partial charge in [-0.25, -0.2) is 0 Å². The molecule has 1 heterocycles. The van der Waals surface area contributed by atoms with Crippen molar-refractivity contribution in [2.24, 2.45) is 0 Å². The van der Waals surface area contributed by atoms with E-state index >= 15 is 0 Å². The second-order valence-electron chi connectivity index (χ2n) is 5.29. The van der Waals surface area contributed by atoms with E-state index in [9.17, 15) is 0 Å². The fourth-order valence-corrected chi connectivity index (χ4v) is 2.72. The predicted octanol–water partition coefficient (Wildman–Crippen LogP) is 2.69. The average Bonchev–Trinajstić information content (AvgIpc) is 2.53. The molecule has 1 N–H and O–H groups in total. The van der Waals surface area contributed by atoms with E-state index in [1.165, 1.54) is 5.69 Å². The van der Waals surface area contributed by atoms with Crippen molar-refractivity contribution in [1.29, 1.82) is 0 Å². The van der Waals surface area contributed by atoms with E-state index < -0.39 is 0 Å². The summed E-state index contributed by atoms with van der Waals surface area (Å²) in [5, 5.41) is 4.13. The number of anilines is 1. The van der Waals surface area contributed by atoms with Crippen LogP contribution in [0.4, 0.5) is 5.69 Å². The Bertz CT molecular complexity index is 442. The van der Waals surface area contributed by atoms with Crippen LogP contribution < -0.4 is 10.2 Å². The zero-order valence-corrected chi connectivity index (χ0v) is 13.7. The van der Waals surface area contributed by atoms with Crippen molar-refractivity contribution >= 4 is 17.3 Å². The van der Waals surface area contributed by atoms with E-state index in [1.54, 1.807) is 7.11 Å². The summed E-state index contributed by atoms with van der Waals surface area (Å²) in [5.74, 6) is 0. The van der Waals surface area contributed by atoms with Crippen molar-refractivity contribution in [3.05, 3.63) is 28.8 Å². The molecule has 1 atom stereocenters. The number of nitrogens with zero attached hydrogens (tertiary/aromatic N) is 1. The van der Waals surface area contributed by atoms with Crippen molar-refractivity contribution in [2.45, 2.75) is 26.0 Å². The Kier molecular flexibility index (Phi) is 6.77. The topological polar surface area (TPSA) is 33.7 Å². The molecule has 5 heteroatoms. The normalized spacial score (nSPS) is 19.0. The van der Waals surface area contributed by atoms with Gasteiger partial charge >= 0.3 is 0 Å². The van der Waals surface area contributed by atoms with Gasteiger partial charge in [-0.3, -0.25) is 0 Å². The molecule has 0 bridgehead atoms. The number of halogens is 1. The van der Waals surface area contributed by atoms with Crippen molar-refractivity contribution in [2.75, 3.05) is 44.9 Å². The number of rotatable bonds is 7. The quantitative estimate of drug-likeness (QED) is 0.785. The zero-order valence-electron chi connectivity index (χ0n) is 12.9. The van der Waals surface area contributed by atoms with Gasteiger partial charge in [-0.15, -0.1) is 0 Å². The van der Waals surface area contributed by atoms with Crippen molar-refractivity contribution in [1.82, 2.24) is 5.32 Å². The van der Waals surface area contributed by atoms with E-state index in [2.05, 4.69) is 35.3 Å². The Balaban J connectivity index is 1.94. The smallest absolute Gasteiger partial charge is 0.0748 e. The van der Waals surface area contributed by atoms with Crippen molar-refractivity contribution in [3.8, 4) is 0 Å². The van der Waals surface area contributed by atoms with Crippen LogP contribution in [0.5, 0.6) is 0 Å². The highest BCUT2D eigenvalue weighted by atomic mass is 35.5. The van der Waals surface area contributed by atoms with E-state index in [-0.39, 0.29) is 0 Å². The molecule has 21 heavy (non-hydrogen) atoms. The summed E-state index contributed by atoms with van der Waals surface area (Å²) in [4.78, 5) is 2.35. The minimum absolute atomic E-state index is 0.327. The lowest BCUT2D eigenvalue weighted by atomic mass is 10.1. The van der Waals surface area contributed by atoms with E-state index in [1.807, 2.05) is 0 Å². The summed E-state index contributed by atoms with van der Waals surface area (Å²) in [6.07, 6.45) is 1.37. The summed E-state index contributed by atoms with van der Waals surface area (Å²) in [6.45, 7) is 7.13. The van der Waals surface area contributed by atoms with Crippen LogP contribution in [0.15, 0.2) is 18.2 Å². The number of hydrogen-bond acceptors (Lipinski definition) is 4. The van der Waals surface area contributed by atoms with Gasteiger partial charge in [-0.2, -0.15) is 0 Å². The Hall–Kier alpha value is -0.810. The van der Waals surface area contributed by atoms with Crippen molar-refractivity contribution < 1.29 is 9.47 Å². The van der Waals surface area contributed by atoms with Gasteiger partial charge < -0.3 is 19.7 Å². The number of hydrogen-bond donors (Lipinski definition) is 1. The fraction of sp³-hybridized carbons (Fsp3) is 0.625. The predicted molar refractivity (Wildman–Crippen MR) is 87.3 cm³/mol. The van der Waals surface area contributed by atoms with Crippen LogP contribution in [-0.4, -0.2) is 46.1 Å². The van der Waals surface area contributed by atoms with Gasteiger partial charge in [0.1, 0.15) is 0 Å². The van der Waals surface area contributed by atoms with Crippen molar-refractivity contribution in [3.63, 3.8) is 0 Å². The largest absolute Gasteiger partial charge is 0.383 e. The average molecular weight is 313 g/mol. The highest BCUT2D eigenvalue weighted by Crippen LogP contribution is 2.25. The first-order valence-electron chi connectivity index (χ1n) is 7.59. The van der Waals surface area contributed by atoms with Crippen LogP contribution in [-0.2, 0) is 16.0 Å². The molecule has 4 nitrogen and oxygen atoms in total. The molecule has 0 spiro atoms. The molecule has 1 saturated heterocycles. The molecular weight excluding hydrogens is 288 g/mol. The monoisotopic (exact) mass is 312 g/mol. The van der Waals surface area contributed by atoms with Gasteiger partial charge in [-0.1, -0.05) is 24.6 Å². The first-order chi connectivity index (χ1) is 10.2. The third kappa shape index (κ3) is 4.85. The zero-order chi connectivity index (χ0) is 15.1. The number of nitrogens with one attached hydrogen (secondary N) is 1. The van der Waals surface area contributed by atoms with Gasteiger partial charge in [0.15, 0.2) is 0 Å². The molecular formula is C16H25ClN2O2. The first kappa shape index (κ1) is 16.6. The van der Waals surface area contributed by atoms with Gasteiger partial charge in [0, 0.05) is 44.0 Å². The molecule has 0 radical (unpaired) electrons. The van der Waals surface area contributed by atoms with Crippen LogP contribution in [0.1, 0.15) is 18.9 Å². The molecule has 1 aromatic carbocycles. The Labute approximate surface area is 132 Å². The number of ether oxygens (including phenoxy) is 2. The highest BCUT2D eigenvalue weighted by Gasteiger charge is 2.19. The summed E-state index contributed by atoms with van der Waals surface area (Å²) in [7, 11) is 1.70. The first-order valence-corrected chi connectivity index (χ1v) is 7.97. The molecule has 118 valence electrons. The second kappa shape index (κ2) is 8.59. The number of methoxy groups -OCH3 is 1. The molecule has 1 fully saturated rings. The molecule has 0 aromatic heterocycles.